The first-order chi connectivity index (χ1) is 15.0. The van der Waals surface area contributed by atoms with E-state index >= 15 is 0 Å². The molecular weight excluding hydrogens is 406 g/mol. The van der Waals surface area contributed by atoms with Crippen molar-refractivity contribution < 1.29 is 8.78 Å². The van der Waals surface area contributed by atoms with E-state index in [9.17, 15) is 8.78 Å². The minimum absolute atomic E-state index is 0.125. The molecule has 5 aromatic heterocycles. The van der Waals surface area contributed by atoms with E-state index in [-0.39, 0.29) is 18.9 Å². The van der Waals surface area contributed by atoms with Crippen LogP contribution in [0.2, 0.25) is 0 Å². The highest BCUT2D eigenvalue weighted by molar-refractivity contribution is 5.78. The van der Waals surface area contributed by atoms with E-state index in [1.807, 2.05) is 23.8 Å². The lowest BCUT2D eigenvalue weighted by atomic mass is 9.92. The molecule has 1 saturated carbocycles. The van der Waals surface area contributed by atoms with Gasteiger partial charge in [-0.3, -0.25) is 8.97 Å². The second-order valence-electron chi connectivity index (χ2n) is 7.92. The number of aromatic nitrogens is 9. The van der Waals surface area contributed by atoms with E-state index in [4.69, 9.17) is 4.98 Å². The first-order valence-electron chi connectivity index (χ1n) is 10.00. The van der Waals surface area contributed by atoms with Crippen LogP contribution in [0.5, 0.6) is 0 Å². The predicted octanol–water partition coefficient (Wildman–Crippen LogP) is 3.32. The molecule has 31 heavy (non-hydrogen) atoms. The minimum Gasteiger partial charge on any atom is -0.323 e. The largest absolute Gasteiger partial charge is 0.323 e. The Morgan fingerprint density at radius 1 is 1.19 bits per heavy atom. The first kappa shape index (κ1) is 18.1. The number of pyridine rings is 1. The molecule has 0 unspecified atom stereocenters. The normalized spacial score (nSPS) is 17.1. The number of hydrogen-bond acceptors (Lipinski definition) is 7. The fraction of sp³-hybridized carbons (Fsp3) is 0.368. The van der Waals surface area contributed by atoms with Gasteiger partial charge in [0.15, 0.2) is 11.3 Å². The number of hydrogen-bond donors (Lipinski definition) is 1. The minimum atomic E-state index is -2.61. The summed E-state index contributed by atoms with van der Waals surface area (Å²) in [6, 6.07) is 1.79. The van der Waals surface area contributed by atoms with Gasteiger partial charge in [-0.15, -0.1) is 10.2 Å². The summed E-state index contributed by atoms with van der Waals surface area (Å²) >= 11 is 0. The smallest absolute Gasteiger partial charge is 0.248 e. The molecule has 158 valence electrons. The number of alkyl halides is 2. The van der Waals surface area contributed by atoms with Crippen molar-refractivity contribution in [2.24, 2.45) is 0 Å². The summed E-state index contributed by atoms with van der Waals surface area (Å²) in [7, 11) is 0. The Balaban J connectivity index is 1.43. The average molecular weight is 424 g/mol. The summed E-state index contributed by atoms with van der Waals surface area (Å²) in [6.45, 7) is 1.96. The Bertz CT molecular complexity index is 1420. The van der Waals surface area contributed by atoms with Gasteiger partial charge in [0.2, 0.25) is 17.6 Å². The highest BCUT2D eigenvalue weighted by Gasteiger charge is 2.37. The predicted molar refractivity (Wildman–Crippen MR) is 108 cm³/mol. The van der Waals surface area contributed by atoms with E-state index < -0.39 is 5.92 Å². The van der Waals surface area contributed by atoms with Gasteiger partial charge in [-0.2, -0.15) is 10.1 Å². The summed E-state index contributed by atoms with van der Waals surface area (Å²) in [6.07, 6.45) is 7.01. The second kappa shape index (κ2) is 6.40. The number of rotatable bonds is 3. The fourth-order valence-electron chi connectivity index (χ4n) is 4.26. The van der Waals surface area contributed by atoms with Crippen LogP contribution in [0, 0.1) is 6.92 Å². The third kappa shape index (κ3) is 2.89. The van der Waals surface area contributed by atoms with Crippen LogP contribution < -0.4 is 5.32 Å². The summed E-state index contributed by atoms with van der Waals surface area (Å²) in [4.78, 5) is 13.3. The van der Waals surface area contributed by atoms with Crippen molar-refractivity contribution in [3.8, 4) is 0 Å². The maximum absolute atomic E-state index is 13.7. The number of halogens is 2. The molecule has 0 bridgehead atoms. The van der Waals surface area contributed by atoms with Crippen LogP contribution in [0.4, 0.5) is 20.4 Å². The molecule has 1 aliphatic rings. The zero-order valence-corrected chi connectivity index (χ0v) is 16.6. The van der Waals surface area contributed by atoms with Crippen LogP contribution >= 0.6 is 0 Å². The highest BCUT2D eigenvalue weighted by atomic mass is 19.3. The number of aryl methyl sites for hydroxylation is 1. The van der Waals surface area contributed by atoms with Crippen LogP contribution in [-0.4, -0.2) is 49.7 Å². The monoisotopic (exact) mass is 424 g/mol. The average Bonchev–Trinajstić information content (AvgIpc) is 3.44. The summed E-state index contributed by atoms with van der Waals surface area (Å²) in [5.41, 5.74) is 3.87. The van der Waals surface area contributed by atoms with Gasteiger partial charge in [-0.25, -0.2) is 23.3 Å². The molecule has 0 amide bonds. The molecule has 12 heteroatoms. The fourth-order valence-corrected chi connectivity index (χ4v) is 4.26. The van der Waals surface area contributed by atoms with Gasteiger partial charge in [0.05, 0.1) is 18.1 Å². The Kier molecular flexibility index (Phi) is 3.73. The molecule has 0 spiro atoms. The number of imidazole rings is 1. The first-order valence-corrected chi connectivity index (χ1v) is 10.00. The molecule has 10 nitrogen and oxygen atoms in total. The van der Waals surface area contributed by atoms with E-state index in [1.54, 1.807) is 21.4 Å². The Labute approximate surface area is 174 Å². The Hall–Kier alpha value is -3.70. The summed E-state index contributed by atoms with van der Waals surface area (Å²) < 4.78 is 32.8. The van der Waals surface area contributed by atoms with Gasteiger partial charge in [0, 0.05) is 18.9 Å². The van der Waals surface area contributed by atoms with E-state index in [1.165, 1.54) is 6.33 Å². The van der Waals surface area contributed by atoms with Crippen LogP contribution in [0.1, 0.15) is 37.3 Å². The molecule has 5 heterocycles. The zero-order chi connectivity index (χ0) is 21.2. The van der Waals surface area contributed by atoms with Crippen molar-refractivity contribution in [2.75, 3.05) is 5.32 Å². The molecule has 5 aromatic rings. The molecule has 0 saturated heterocycles. The van der Waals surface area contributed by atoms with Crippen molar-refractivity contribution in [3.05, 3.63) is 36.7 Å². The zero-order valence-electron chi connectivity index (χ0n) is 16.6. The maximum Gasteiger partial charge on any atom is 0.248 e. The van der Waals surface area contributed by atoms with Crippen LogP contribution in [0.3, 0.4) is 0 Å². The van der Waals surface area contributed by atoms with Gasteiger partial charge in [0.25, 0.3) is 0 Å². The summed E-state index contributed by atoms with van der Waals surface area (Å²) in [5.74, 6) is -1.63. The quantitative estimate of drug-likeness (QED) is 0.474. The Morgan fingerprint density at radius 2 is 2.03 bits per heavy atom. The van der Waals surface area contributed by atoms with Crippen LogP contribution in [-0.2, 0) is 0 Å². The third-order valence-electron chi connectivity index (χ3n) is 5.90. The molecule has 0 radical (unpaired) electrons. The van der Waals surface area contributed by atoms with Crippen molar-refractivity contribution in [1.29, 1.82) is 0 Å². The number of fused-ring (bicyclic) bond motifs is 4. The lowest BCUT2D eigenvalue weighted by Gasteiger charge is -2.29. The van der Waals surface area contributed by atoms with E-state index in [0.29, 0.717) is 30.2 Å². The lowest BCUT2D eigenvalue weighted by Crippen LogP contribution is -2.26. The van der Waals surface area contributed by atoms with Gasteiger partial charge >= 0.3 is 0 Å². The van der Waals surface area contributed by atoms with Crippen LogP contribution in [0.15, 0.2) is 31.1 Å². The number of anilines is 2. The number of nitrogens with one attached hydrogen (secondary N) is 1. The molecule has 0 atom stereocenters. The SMILES string of the molecule is Cc1cc2ncnn2cc1Nc1ncc2c(n1)n(C1CCC(F)(F)CC1)c1nncn21. The third-order valence-corrected chi connectivity index (χ3v) is 5.90. The molecule has 1 fully saturated rings. The van der Waals surface area contributed by atoms with Gasteiger partial charge in [-0.05, 0) is 31.4 Å². The van der Waals surface area contributed by atoms with E-state index in [0.717, 1.165) is 22.4 Å². The molecule has 1 aliphatic carbocycles. The van der Waals surface area contributed by atoms with Crippen LogP contribution in [0.25, 0.3) is 22.6 Å². The van der Waals surface area contributed by atoms with E-state index in [2.05, 4.69) is 30.6 Å². The van der Waals surface area contributed by atoms with Gasteiger partial charge in [0.1, 0.15) is 18.2 Å². The molecular formula is C19H18F2N10. The molecule has 0 aliphatic heterocycles. The van der Waals surface area contributed by atoms with Crippen molar-refractivity contribution in [3.63, 3.8) is 0 Å². The molecule has 1 N–H and O–H groups in total. The lowest BCUT2D eigenvalue weighted by molar-refractivity contribution is -0.0433. The van der Waals surface area contributed by atoms with Crippen molar-refractivity contribution in [2.45, 2.75) is 44.6 Å². The molecule has 0 aromatic carbocycles. The summed E-state index contributed by atoms with van der Waals surface area (Å²) in [5, 5.41) is 15.6. The van der Waals surface area contributed by atoms with Gasteiger partial charge in [-0.1, -0.05) is 0 Å². The standard InChI is InChI=1S/C19H18F2N10/c1-11-6-15-23-9-25-30(15)8-13(11)26-17-22-7-14-16(27-17)31(18-28-24-10-29(14)18)12-2-4-19(20,21)5-3-12/h6-10,12H,2-5H2,1H3,(H,22,26,27). The second-order valence-corrected chi connectivity index (χ2v) is 7.92. The van der Waals surface area contributed by atoms with Crippen molar-refractivity contribution >= 4 is 34.2 Å². The number of nitrogens with zero attached hydrogens (tertiary/aromatic N) is 9. The van der Waals surface area contributed by atoms with Crippen molar-refractivity contribution in [1.82, 2.24) is 43.7 Å². The topological polar surface area (TPSA) is 103 Å². The maximum atomic E-state index is 13.7. The highest BCUT2D eigenvalue weighted by Crippen LogP contribution is 2.40. The Morgan fingerprint density at radius 3 is 2.87 bits per heavy atom. The van der Waals surface area contributed by atoms with Gasteiger partial charge < -0.3 is 5.32 Å². The molecule has 6 rings (SSSR count).